The fourth-order valence-corrected chi connectivity index (χ4v) is 1.26. The summed E-state index contributed by atoms with van der Waals surface area (Å²) in [7, 11) is 1.27. The molecular formula is C11H20F3NO3. The van der Waals surface area contributed by atoms with Gasteiger partial charge in [-0.05, 0) is 19.4 Å². The number of nitrogens with one attached hydrogen (secondary N) is 1. The van der Waals surface area contributed by atoms with Gasteiger partial charge in [-0.1, -0.05) is 6.92 Å². The molecule has 0 saturated carbocycles. The summed E-state index contributed by atoms with van der Waals surface area (Å²) >= 11 is 0. The fraction of sp³-hybridized carbons (Fsp3) is 0.909. The second-order valence-electron chi connectivity index (χ2n) is 3.80. The van der Waals surface area contributed by atoms with Crippen molar-refractivity contribution in [2.24, 2.45) is 0 Å². The highest BCUT2D eigenvalue weighted by Gasteiger charge is 2.26. The molecule has 0 radical (unpaired) electrons. The molecule has 1 atom stereocenters. The summed E-state index contributed by atoms with van der Waals surface area (Å²) in [6.45, 7) is 2.29. The van der Waals surface area contributed by atoms with Gasteiger partial charge in [-0.25, -0.2) is 0 Å². The van der Waals surface area contributed by atoms with E-state index in [-0.39, 0.29) is 13.2 Å². The van der Waals surface area contributed by atoms with Crippen molar-refractivity contribution in [3.63, 3.8) is 0 Å². The first-order valence-electron chi connectivity index (χ1n) is 5.86. The average Bonchev–Trinajstić information content (AvgIpc) is 2.30. The Bertz CT molecular complexity index is 234. The van der Waals surface area contributed by atoms with Crippen molar-refractivity contribution in [2.45, 2.75) is 38.4 Å². The molecule has 0 spiro atoms. The fourth-order valence-electron chi connectivity index (χ4n) is 1.26. The van der Waals surface area contributed by atoms with Crippen LogP contribution in [-0.2, 0) is 14.3 Å². The molecule has 0 aromatic carbocycles. The number of esters is 1. The number of halogens is 3. The Kier molecular flexibility index (Phi) is 8.74. The standard InChI is InChI=1S/C11H20F3NO3/c1-3-6-15-9(10(16)17-2)4-7-18-8-5-11(12,13)14/h9,15H,3-8H2,1-2H3. The van der Waals surface area contributed by atoms with E-state index in [1.165, 1.54) is 7.11 Å². The number of hydrogen-bond acceptors (Lipinski definition) is 4. The van der Waals surface area contributed by atoms with Gasteiger partial charge in [-0.15, -0.1) is 0 Å². The summed E-state index contributed by atoms with van der Waals surface area (Å²) in [5.41, 5.74) is 0. The van der Waals surface area contributed by atoms with Crippen molar-refractivity contribution in [1.29, 1.82) is 0 Å². The van der Waals surface area contributed by atoms with Gasteiger partial charge in [0.15, 0.2) is 0 Å². The second kappa shape index (κ2) is 9.16. The zero-order valence-electron chi connectivity index (χ0n) is 10.7. The lowest BCUT2D eigenvalue weighted by Gasteiger charge is -2.16. The molecule has 0 aromatic rings. The van der Waals surface area contributed by atoms with Gasteiger partial charge < -0.3 is 14.8 Å². The molecule has 108 valence electrons. The summed E-state index contributed by atoms with van der Waals surface area (Å²) in [6, 6.07) is -0.527. The van der Waals surface area contributed by atoms with Gasteiger partial charge >= 0.3 is 12.1 Å². The van der Waals surface area contributed by atoms with Crippen molar-refractivity contribution >= 4 is 5.97 Å². The van der Waals surface area contributed by atoms with E-state index < -0.39 is 24.6 Å². The summed E-state index contributed by atoms with van der Waals surface area (Å²) in [5.74, 6) is -0.428. The molecule has 0 fully saturated rings. The van der Waals surface area contributed by atoms with Crippen molar-refractivity contribution in [3.8, 4) is 0 Å². The molecule has 18 heavy (non-hydrogen) atoms. The van der Waals surface area contributed by atoms with Crippen LogP contribution in [0.15, 0.2) is 0 Å². The molecule has 7 heteroatoms. The lowest BCUT2D eigenvalue weighted by atomic mass is 10.2. The maximum absolute atomic E-state index is 11.8. The van der Waals surface area contributed by atoms with Crippen LogP contribution < -0.4 is 5.32 Å². The molecule has 0 aliphatic carbocycles. The molecule has 1 N–H and O–H groups in total. The van der Waals surface area contributed by atoms with Crippen molar-refractivity contribution < 1.29 is 27.4 Å². The Morgan fingerprint density at radius 2 is 2.00 bits per heavy atom. The number of carbonyl (C=O) groups is 1. The topological polar surface area (TPSA) is 47.6 Å². The van der Waals surface area contributed by atoms with Gasteiger partial charge in [0.1, 0.15) is 6.04 Å². The van der Waals surface area contributed by atoms with Crippen LogP contribution in [0.5, 0.6) is 0 Å². The maximum atomic E-state index is 11.8. The number of carbonyl (C=O) groups excluding carboxylic acids is 1. The molecule has 1 unspecified atom stereocenters. The Labute approximate surface area is 105 Å². The van der Waals surface area contributed by atoms with Crippen LogP contribution in [0.25, 0.3) is 0 Å². The van der Waals surface area contributed by atoms with Crippen molar-refractivity contribution in [3.05, 3.63) is 0 Å². The van der Waals surface area contributed by atoms with E-state index in [1.807, 2.05) is 6.92 Å². The van der Waals surface area contributed by atoms with Gasteiger partial charge in [0.2, 0.25) is 0 Å². The highest BCUT2D eigenvalue weighted by atomic mass is 19.4. The van der Waals surface area contributed by atoms with Crippen LogP contribution in [0.1, 0.15) is 26.2 Å². The van der Waals surface area contributed by atoms with E-state index in [1.54, 1.807) is 0 Å². The monoisotopic (exact) mass is 271 g/mol. The molecule has 0 aromatic heterocycles. The Hall–Kier alpha value is -0.820. The minimum atomic E-state index is -4.21. The highest BCUT2D eigenvalue weighted by Crippen LogP contribution is 2.18. The first-order chi connectivity index (χ1) is 8.40. The van der Waals surface area contributed by atoms with Crippen LogP contribution in [0.2, 0.25) is 0 Å². The Morgan fingerprint density at radius 1 is 1.33 bits per heavy atom. The van der Waals surface area contributed by atoms with Gasteiger partial charge in [0.05, 0.1) is 20.1 Å². The van der Waals surface area contributed by atoms with Gasteiger partial charge in [-0.3, -0.25) is 4.79 Å². The molecule has 0 heterocycles. The average molecular weight is 271 g/mol. The van der Waals surface area contributed by atoms with Gasteiger partial charge in [0.25, 0.3) is 0 Å². The van der Waals surface area contributed by atoms with E-state index in [4.69, 9.17) is 4.74 Å². The molecule has 0 aliphatic rings. The van der Waals surface area contributed by atoms with Crippen LogP contribution in [0, 0.1) is 0 Å². The number of ether oxygens (including phenoxy) is 2. The number of alkyl halides is 3. The number of rotatable bonds is 9. The normalized spacial score (nSPS) is 13.4. The van der Waals surface area contributed by atoms with Crippen molar-refractivity contribution in [2.75, 3.05) is 26.9 Å². The lowest BCUT2D eigenvalue weighted by molar-refractivity contribution is -0.148. The van der Waals surface area contributed by atoms with E-state index in [0.29, 0.717) is 13.0 Å². The van der Waals surface area contributed by atoms with Crippen LogP contribution in [0.3, 0.4) is 0 Å². The molecule has 4 nitrogen and oxygen atoms in total. The quantitative estimate of drug-likeness (QED) is 0.514. The zero-order chi connectivity index (χ0) is 14.0. The van der Waals surface area contributed by atoms with Gasteiger partial charge in [0, 0.05) is 6.61 Å². The number of hydrogen-bond donors (Lipinski definition) is 1. The third-order valence-electron chi connectivity index (χ3n) is 2.21. The first kappa shape index (κ1) is 17.2. The molecule has 0 aliphatic heterocycles. The second-order valence-corrected chi connectivity index (χ2v) is 3.80. The maximum Gasteiger partial charge on any atom is 0.391 e. The Morgan fingerprint density at radius 3 is 2.50 bits per heavy atom. The molecule has 0 rings (SSSR count). The van der Waals surface area contributed by atoms with Crippen molar-refractivity contribution in [1.82, 2.24) is 5.32 Å². The predicted octanol–water partition coefficient (Wildman–Crippen LogP) is 1.89. The van der Waals surface area contributed by atoms with Crippen LogP contribution >= 0.6 is 0 Å². The summed E-state index contributed by atoms with van der Waals surface area (Å²) in [4.78, 5) is 11.3. The van der Waals surface area contributed by atoms with E-state index in [2.05, 4.69) is 10.1 Å². The molecule has 0 saturated heterocycles. The van der Waals surface area contributed by atoms with Crippen LogP contribution in [-0.4, -0.2) is 45.1 Å². The minimum absolute atomic E-state index is 0.0898. The van der Waals surface area contributed by atoms with Gasteiger partial charge in [-0.2, -0.15) is 13.2 Å². The zero-order valence-corrected chi connectivity index (χ0v) is 10.7. The van der Waals surface area contributed by atoms with E-state index >= 15 is 0 Å². The Balaban J connectivity index is 3.79. The highest BCUT2D eigenvalue weighted by molar-refractivity contribution is 5.75. The first-order valence-corrected chi connectivity index (χ1v) is 5.86. The molecule has 0 bridgehead atoms. The SMILES string of the molecule is CCCNC(CCOCCC(F)(F)F)C(=O)OC. The largest absolute Gasteiger partial charge is 0.468 e. The summed E-state index contributed by atoms with van der Waals surface area (Å²) < 4.78 is 44.9. The predicted molar refractivity (Wildman–Crippen MR) is 60.2 cm³/mol. The lowest BCUT2D eigenvalue weighted by Crippen LogP contribution is -2.39. The third kappa shape index (κ3) is 9.23. The van der Waals surface area contributed by atoms with Crippen LogP contribution in [0.4, 0.5) is 13.2 Å². The number of methoxy groups -OCH3 is 1. The molecular weight excluding hydrogens is 251 g/mol. The smallest absolute Gasteiger partial charge is 0.391 e. The van der Waals surface area contributed by atoms with E-state index in [0.717, 1.165) is 6.42 Å². The van der Waals surface area contributed by atoms with E-state index in [9.17, 15) is 18.0 Å². The molecule has 0 amide bonds. The summed E-state index contributed by atoms with van der Waals surface area (Å²) in [5, 5.41) is 2.95. The third-order valence-corrected chi connectivity index (χ3v) is 2.21. The summed E-state index contributed by atoms with van der Waals surface area (Å²) in [6.07, 6.45) is -4.03. The minimum Gasteiger partial charge on any atom is -0.468 e.